The van der Waals surface area contributed by atoms with E-state index in [1.54, 1.807) is 7.11 Å². The van der Waals surface area contributed by atoms with Gasteiger partial charge in [0.1, 0.15) is 0 Å². The van der Waals surface area contributed by atoms with E-state index in [9.17, 15) is 5.11 Å². The van der Waals surface area contributed by atoms with Gasteiger partial charge in [-0.2, -0.15) is 0 Å². The highest BCUT2D eigenvalue weighted by Gasteiger charge is 2.22. The van der Waals surface area contributed by atoms with Crippen LogP contribution in [0.4, 0.5) is 0 Å². The summed E-state index contributed by atoms with van der Waals surface area (Å²) in [5.41, 5.74) is 1.94. The van der Waals surface area contributed by atoms with Crippen LogP contribution in [-0.4, -0.2) is 17.8 Å². The fraction of sp³-hybridized carbons (Fsp3) is 0.571. The third-order valence-corrected chi connectivity index (χ3v) is 2.98. The van der Waals surface area contributed by atoms with E-state index in [-0.39, 0.29) is 5.60 Å². The Balaban J connectivity index is 2.76. The second-order valence-corrected chi connectivity index (χ2v) is 4.78. The number of benzene rings is 1. The molecular weight excluding hydrogens is 200 g/mol. The fourth-order valence-corrected chi connectivity index (χ4v) is 1.69. The summed E-state index contributed by atoms with van der Waals surface area (Å²) < 4.78 is 5.33. The van der Waals surface area contributed by atoms with Gasteiger partial charge in [-0.05, 0) is 31.4 Å². The van der Waals surface area contributed by atoms with Crippen molar-refractivity contribution in [1.29, 1.82) is 0 Å². The number of hydrogen-bond donors (Lipinski definition) is 1. The van der Waals surface area contributed by atoms with Gasteiger partial charge in [0.05, 0.1) is 11.7 Å². The number of aliphatic hydroxyl groups is 1. The molecule has 0 fully saturated rings. The first-order chi connectivity index (χ1) is 7.48. The molecule has 1 aromatic carbocycles. The van der Waals surface area contributed by atoms with Crippen molar-refractivity contribution < 1.29 is 9.84 Å². The molecule has 0 aliphatic rings. The highest BCUT2D eigenvalue weighted by Crippen LogP contribution is 2.26. The van der Waals surface area contributed by atoms with Crippen molar-refractivity contribution in [2.24, 2.45) is 0 Å². The molecule has 1 unspecified atom stereocenters. The van der Waals surface area contributed by atoms with E-state index >= 15 is 0 Å². The summed E-state index contributed by atoms with van der Waals surface area (Å²) in [6, 6.07) is 8.11. The average Bonchev–Trinajstić information content (AvgIpc) is 2.28. The Bertz CT molecular complexity index is 331. The standard InChI is InChI=1S/C14H22O2/c1-5-11-7-6-8-12(9-11)13(15)10-14(2,3)16-4/h6-9,13,15H,5,10H2,1-4H3. The zero-order valence-electron chi connectivity index (χ0n) is 10.7. The van der Waals surface area contributed by atoms with Crippen LogP contribution >= 0.6 is 0 Å². The van der Waals surface area contributed by atoms with Crippen molar-refractivity contribution >= 4 is 0 Å². The molecule has 0 aliphatic heterocycles. The van der Waals surface area contributed by atoms with Gasteiger partial charge in [-0.1, -0.05) is 31.2 Å². The van der Waals surface area contributed by atoms with E-state index in [0.717, 1.165) is 12.0 Å². The molecule has 2 nitrogen and oxygen atoms in total. The number of rotatable bonds is 5. The Morgan fingerprint density at radius 3 is 2.62 bits per heavy atom. The second kappa shape index (κ2) is 5.46. The van der Waals surface area contributed by atoms with E-state index < -0.39 is 6.10 Å². The van der Waals surface area contributed by atoms with Gasteiger partial charge in [0, 0.05) is 13.5 Å². The van der Waals surface area contributed by atoms with E-state index in [0.29, 0.717) is 6.42 Å². The fourth-order valence-electron chi connectivity index (χ4n) is 1.69. The SMILES string of the molecule is CCc1cccc(C(O)CC(C)(C)OC)c1. The van der Waals surface area contributed by atoms with Crippen LogP contribution in [0.2, 0.25) is 0 Å². The van der Waals surface area contributed by atoms with E-state index in [4.69, 9.17) is 4.74 Å². The molecule has 0 bridgehead atoms. The summed E-state index contributed by atoms with van der Waals surface area (Å²) in [7, 11) is 1.68. The molecule has 0 aliphatic carbocycles. The predicted molar refractivity (Wildman–Crippen MR) is 66.5 cm³/mol. The smallest absolute Gasteiger partial charge is 0.0817 e. The minimum Gasteiger partial charge on any atom is -0.388 e. The lowest BCUT2D eigenvalue weighted by molar-refractivity contribution is -0.0201. The number of aliphatic hydroxyl groups excluding tert-OH is 1. The molecular formula is C14H22O2. The van der Waals surface area contributed by atoms with Gasteiger partial charge in [-0.3, -0.25) is 0 Å². The van der Waals surface area contributed by atoms with Crippen molar-refractivity contribution in [1.82, 2.24) is 0 Å². The van der Waals surface area contributed by atoms with E-state index in [1.165, 1.54) is 5.56 Å². The lowest BCUT2D eigenvalue weighted by Gasteiger charge is -2.26. The first-order valence-corrected chi connectivity index (χ1v) is 5.80. The van der Waals surface area contributed by atoms with Crippen LogP contribution < -0.4 is 0 Å². The summed E-state index contributed by atoms with van der Waals surface area (Å²) in [4.78, 5) is 0. The minimum atomic E-state index is -0.457. The molecule has 16 heavy (non-hydrogen) atoms. The van der Waals surface area contributed by atoms with Crippen LogP contribution in [0.5, 0.6) is 0 Å². The summed E-state index contributed by atoms with van der Waals surface area (Å²) in [5, 5.41) is 10.1. The number of ether oxygens (including phenoxy) is 1. The Labute approximate surface area is 98.3 Å². The Kier molecular flexibility index (Phi) is 4.51. The summed E-state index contributed by atoms with van der Waals surface area (Å²) in [5.74, 6) is 0. The third kappa shape index (κ3) is 3.62. The molecule has 1 rings (SSSR count). The molecule has 0 radical (unpaired) electrons. The van der Waals surface area contributed by atoms with Gasteiger partial charge >= 0.3 is 0 Å². The maximum atomic E-state index is 10.1. The van der Waals surface area contributed by atoms with Gasteiger partial charge in [0.2, 0.25) is 0 Å². The molecule has 0 saturated heterocycles. The number of aryl methyl sites for hydroxylation is 1. The molecule has 0 aromatic heterocycles. The predicted octanol–water partition coefficient (Wildman–Crippen LogP) is 3.10. The molecule has 90 valence electrons. The van der Waals surface area contributed by atoms with E-state index in [1.807, 2.05) is 26.0 Å². The van der Waals surface area contributed by atoms with Crippen LogP contribution in [-0.2, 0) is 11.2 Å². The van der Waals surface area contributed by atoms with Crippen LogP contribution in [0.1, 0.15) is 44.4 Å². The molecule has 2 heteroatoms. The summed E-state index contributed by atoms with van der Waals surface area (Å²) in [6.07, 6.45) is 1.15. The molecule has 1 N–H and O–H groups in total. The minimum absolute atomic E-state index is 0.290. The lowest BCUT2D eigenvalue weighted by atomic mass is 9.94. The average molecular weight is 222 g/mol. The first-order valence-electron chi connectivity index (χ1n) is 5.80. The van der Waals surface area contributed by atoms with Crippen molar-refractivity contribution in [2.75, 3.05) is 7.11 Å². The van der Waals surface area contributed by atoms with Gasteiger partial charge in [-0.25, -0.2) is 0 Å². The van der Waals surface area contributed by atoms with Crippen LogP contribution in [0, 0.1) is 0 Å². The maximum Gasteiger partial charge on any atom is 0.0817 e. The van der Waals surface area contributed by atoms with E-state index in [2.05, 4.69) is 19.1 Å². The third-order valence-electron chi connectivity index (χ3n) is 2.98. The zero-order chi connectivity index (χ0) is 12.2. The maximum absolute atomic E-state index is 10.1. The van der Waals surface area contributed by atoms with Crippen molar-refractivity contribution in [3.8, 4) is 0 Å². The number of methoxy groups -OCH3 is 1. The van der Waals surface area contributed by atoms with Gasteiger partial charge in [-0.15, -0.1) is 0 Å². The highest BCUT2D eigenvalue weighted by molar-refractivity contribution is 5.25. The lowest BCUT2D eigenvalue weighted by Crippen LogP contribution is -2.25. The summed E-state index contributed by atoms with van der Waals surface area (Å²) in [6.45, 7) is 6.09. The topological polar surface area (TPSA) is 29.5 Å². The monoisotopic (exact) mass is 222 g/mol. The molecule has 0 spiro atoms. The van der Waals surface area contributed by atoms with Crippen LogP contribution in [0.15, 0.2) is 24.3 Å². The quantitative estimate of drug-likeness (QED) is 0.829. The largest absolute Gasteiger partial charge is 0.388 e. The second-order valence-electron chi connectivity index (χ2n) is 4.78. The van der Waals surface area contributed by atoms with Gasteiger partial charge in [0.25, 0.3) is 0 Å². The normalized spacial score (nSPS) is 13.8. The Morgan fingerprint density at radius 2 is 2.06 bits per heavy atom. The van der Waals surface area contributed by atoms with Crippen molar-refractivity contribution in [3.05, 3.63) is 35.4 Å². The highest BCUT2D eigenvalue weighted by atomic mass is 16.5. The summed E-state index contributed by atoms with van der Waals surface area (Å²) >= 11 is 0. The molecule has 1 aromatic rings. The van der Waals surface area contributed by atoms with Crippen LogP contribution in [0.25, 0.3) is 0 Å². The molecule has 0 saturated carbocycles. The molecule has 1 atom stereocenters. The van der Waals surface area contributed by atoms with Crippen LogP contribution in [0.3, 0.4) is 0 Å². The first kappa shape index (κ1) is 13.2. The van der Waals surface area contributed by atoms with Gasteiger partial charge in [0.15, 0.2) is 0 Å². The Morgan fingerprint density at radius 1 is 1.38 bits per heavy atom. The zero-order valence-corrected chi connectivity index (χ0v) is 10.7. The Hall–Kier alpha value is -0.860. The molecule has 0 heterocycles. The number of hydrogen-bond acceptors (Lipinski definition) is 2. The van der Waals surface area contributed by atoms with Gasteiger partial charge < -0.3 is 9.84 Å². The molecule has 0 amide bonds. The van der Waals surface area contributed by atoms with Crippen molar-refractivity contribution in [3.63, 3.8) is 0 Å². The van der Waals surface area contributed by atoms with Crippen molar-refractivity contribution in [2.45, 2.75) is 45.3 Å².